The highest BCUT2D eigenvalue weighted by molar-refractivity contribution is 7.99. The summed E-state index contributed by atoms with van der Waals surface area (Å²) < 4.78 is 13.1. The van der Waals surface area contributed by atoms with Crippen molar-refractivity contribution in [1.82, 2.24) is 20.2 Å². The van der Waals surface area contributed by atoms with E-state index >= 15 is 0 Å². The van der Waals surface area contributed by atoms with Gasteiger partial charge in [-0.2, -0.15) is 5.10 Å². The number of para-hydroxylation sites is 1. The van der Waals surface area contributed by atoms with Crippen LogP contribution in [0.5, 0.6) is 17.2 Å². The van der Waals surface area contributed by atoms with Gasteiger partial charge in [0, 0.05) is 11.3 Å². The fourth-order valence-electron chi connectivity index (χ4n) is 3.84. The molecular weight excluding hydrogens is 522 g/mol. The maximum Gasteiger partial charge on any atom is 0.250 e. The minimum Gasteiger partial charge on any atom is -0.497 e. The molecule has 4 aromatic carbocycles. The Morgan fingerprint density at radius 1 is 0.900 bits per heavy atom. The second kappa shape index (κ2) is 12.8. The smallest absolute Gasteiger partial charge is 0.250 e. The van der Waals surface area contributed by atoms with Crippen LogP contribution in [0, 0.1) is 6.92 Å². The standard InChI is InChI=1S/C31H27N5O3S/c1-22-11-13-24(14-12-22)30-34-35-31(36(30)25-15-17-26(38-2)18-16-25)40-21-29(37)33-32-20-23-7-6-10-28(19-23)39-27-8-4-3-5-9-27/h3-20H,21H2,1-2H3,(H,33,37). The Bertz CT molecular complexity index is 1600. The average molecular weight is 550 g/mol. The minimum atomic E-state index is -0.265. The highest BCUT2D eigenvalue weighted by Crippen LogP contribution is 2.29. The van der Waals surface area contributed by atoms with Crippen molar-refractivity contribution in [3.63, 3.8) is 0 Å². The first-order chi connectivity index (χ1) is 19.6. The number of amides is 1. The van der Waals surface area contributed by atoms with Crippen LogP contribution in [0.15, 0.2) is 113 Å². The molecule has 0 aliphatic rings. The zero-order valence-electron chi connectivity index (χ0n) is 22.0. The summed E-state index contributed by atoms with van der Waals surface area (Å²) in [6, 6.07) is 32.7. The van der Waals surface area contributed by atoms with E-state index in [1.54, 1.807) is 13.3 Å². The second-order valence-electron chi connectivity index (χ2n) is 8.78. The molecule has 5 rings (SSSR count). The van der Waals surface area contributed by atoms with Gasteiger partial charge in [0.25, 0.3) is 5.91 Å². The van der Waals surface area contributed by atoms with Crippen LogP contribution in [-0.2, 0) is 4.79 Å². The molecule has 0 fully saturated rings. The van der Waals surface area contributed by atoms with E-state index in [0.717, 1.165) is 33.9 Å². The number of methoxy groups -OCH3 is 1. The number of ether oxygens (including phenoxy) is 2. The number of aromatic nitrogens is 3. The van der Waals surface area contributed by atoms with Crippen LogP contribution in [0.1, 0.15) is 11.1 Å². The predicted octanol–water partition coefficient (Wildman–Crippen LogP) is 6.29. The van der Waals surface area contributed by atoms with Gasteiger partial charge in [-0.1, -0.05) is 71.9 Å². The lowest BCUT2D eigenvalue weighted by atomic mass is 10.1. The molecule has 40 heavy (non-hydrogen) atoms. The summed E-state index contributed by atoms with van der Waals surface area (Å²) in [5, 5.41) is 13.5. The number of carbonyl (C=O) groups excluding carboxylic acids is 1. The highest BCUT2D eigenvalue weighted by atomic mass is 32.2. The Morgan fingerprint density at radius 2 is 1.65 bits per heavy atom. The van der Waals surface area contributed by atoms with Crippen molar-refractivity contribution in [2.24, 2.45) is 5.10 Å². The molecule has 0 spiro atoms. The highest BCUT2D eigenvalue weighted by Gasteiger charge is 2.17. The number of hydrazone groups is 1. The maximum atomic E-state index is 12.6. The van der Waals surface area contributed by atoms with Crippen LogP contribution in [0.2, 0.25) is 0 Å². The van der Waals surface area contributed by atoms with Crippen molar-refractivity contribution >= 4 is 23.9 Å². The number of thioether (sulfide) groups is 1. The molecule has 0 unspecified atom stereocenters. The molecule has 9 heteroatoms. The number of aryl methyl sites for hydroxylation is 1. The topological polar surface area (TPSA) is 90.6 Å². The second-order valence-corrected chi connectivity index (χ2v) is 9.72. The summed E-state index contributed by atoms with van der Waals surface area (Å²) in [6.07, 6.45) is 1.58. The fraction of sp³-hybridized carbons (Fsp3) is 0.0968. The van der Waals surface area contributed by atoms with Crippen molar-refractivity contribution in [3.8, 4) is 34.3 Å². The quantitative estimate of drug-likeness (QED) is 0.125. The molecule has 0 atom stereocenters. The van der Waals surface area contributed by atoms with Crippen molar-refractivity contribution in [2.75, 3.05) is 12.9 Å². The van der Waals surface area contributed by atoms with Crippen molar-refractivity contribution in [1.29, 1.82) is 0 Å². The first-order valence-electron chi connectivity index (χ1n) is 12.5. The lowest BCUT2D eigenvalue weighted by Crippen LogP contribution is -2.20. The number of rotatable bonds is 10. The summed E-state index contributed by atoms with van der Waals surface area (Å²) in [5.74, 6) is 2.70. The molecule has 8 nitrogen and oxygen atoms in total. The van der Waals surface area contributed by atoms with Gasteiger partial charge in [0.2, 0.25) is 0 Å². The normalized spacial score (nSPS) is 10.9. The van der Waals surface area contributed by atoms with Crippen LogP contribution in [0.25, 0.3) is 17.1 Å². The van der Waals surface area contributed by atoms with Gasteiger partial charge in [0.15, 0.2) is 11.0 Å². The van der Waals surface area contributed by atoms with Crippen LogP contribution in [-0.4, -0.2) is 39.7 Å². The maximum absolute atomic E-state index is 12.6. The van der Waals surface area contributed by atoms with Crippen molar-refractivity contribution < 1.29 is 14.3 Å². The number of hydrogen-bond donors (Lipinski definition) is 1. The van der Waals surface area contributed by atoms with Crippen LogP contribution < -0.4 is 14.9 Å². The Balaban J connectivity index is 1.26. The van der Waals surface area contributed by atoms with E-state index in [4.69, 9.17) is 9.47 Å². The van der Waals surface area contributed by atoms with Crippen molar-refractivity contribution in [2.45, 2.75) is 12.1 Å². The van der Waals surface area contributed by atoms with Gasteiger partial charge in [-0.25, -0.2) is 5.43 Å². The van der Waals surface area contributed by atoms with Crippen molar-refractivity contribution in [3.05, 3.63) is 114 Å². The number of hydrogen-bond acceptors (Lipinski definition) is 7. The van der Waals surface area contributed by atoms with Gasteiger partial charge in [-0.05, 0) is 61.0 Å². The lowest BCUT2D eigenvalue weighted by Gasteiger charge is -2.11. The Labute approximate surface area is 236 Å². The number of nitrogens with zero attached hydrogens (tertiary/aromatic N) is 4. The molecule has 0 saturated heterocycles. The van der Waals surface area contributed by atoms with E-state index in [9.17, 15) is 4.79 Å². The molecular formula is C31H27N5O3S. The van der Waals surface area contributed by atoms with Gasteiger partial charge >= 0.3 is 0 Å². The van der Waals surface area contributed by atoms with Crippen LogP contribution in [0.4, 0.5) is 0 Å². The zero-order valence-corrected chi connectivity index (χ0v) is 22.8. The number of benzene rings is 4. The largest absolute Gasteiger partial charge is 0.497 e. The monoisotopic (exact) mass is 549 g/mol. The SMILES string of the molecule is COc1ccc(-n2c(SCC(=O)NN=Cc3cccc(Oc4ccccc4)c3)nnc2-c2ccc(C)cc2)cc1. The van der Waals surface area contributed by atoms with Gasteiger partial charge in [-0.3, -0.25) is 9.36 Å². The summed E-state index contributed by atoms with van der Waals surface area (Å²) in [6.45, 7) is 2.04. The van der Waals surface area contributed by atoms with Gasteiger partial charge in [-0.15, -0.1) is 10.2 Å². The lowest BCUT2D eigenvalue weighted by molar-refractivity contribution is -0.118. The molecule has 0 aliphatic heterocycles. The summed E-state index contributed by atoms with van der Waals surface area (Å²) in [5.41, 5.74) is 6.32. The third-order valence-electron chi connectivity index (χ3n) is 5.85. The zero-order chi connectivity index (χ0) is 27.7. The van der Waals surface area contributed by atoms with Crippen LogP contribution in [0.3, 0.4) is 0 Å². The number of nitrogens with one attached hydrogen (secondary N) is 1. The third-order valence-corrected chi connectivity index (χ3v) is 6.77. The summed E-state index contributed by atoms with van der Waals surface area (Å²) >= 11 is 1.28. The Hall–Kier alpha value is -4.89. The number of carbonyl (C=O) groups is 1. The molecule has 1 N–H and O–H groups in total. The Morgan fingerprint density at radius 3 is 2.40 bits per heavy atom. The molecule has 0 radical (unpaired) electrons. The molecule has 0 saturated carbocycles. The summed E-state index contributed by atoms with van der Waals surface area (Å²) in [7, 11) is 1.63. The minimum absolute atomic E-state index is 0.108. The molecule has 1 heterocycles. The molecule has 5 aromatic rings. The van der Waals surface area contributed by atoms with E-state index in [1.807, 2.05) is 115 Å². The van der Waals surface area contributed by atoms with Gasteiger partial charge < -0.3 is 9.47 Å². The van der Waals surface area contributed by atoms with E-state index in [-0.39, 0.29) is 11.7 Å². The van der Waals surface area contributed by atoms with E-state index in [0.29, 0.717) is 16.7 Å². The first kappa shape index (κ1) is 26.7. The average Bonchev–Trinajstić information content (AvgIpc) is 3.41. The molecule has 0 bridgehead atoms. The molecule has 1 amide bonds. The molecule has 1 aromatic heterocycles. The first-order valence-corrected chi connectivity index (χ1v) is 13.5. The summed E-state index contributed by atoms with van der Waals surface area (Å²) in [4.78, 5) is 12.6. The van der Waals surface area contributed by atoms with E-state index < -0.39 is 0 Å². The predicted molar refractivity (Wildman–Crippen MR) is 158 cm³/mol. The van der Waals surface area contributed by atoms with E-state index in [1.165, 1.54) is 11.8 Å². The van der Waals surface area contributed by atoms with Gasteiger partial charge in [0.05, 0.1) is 19.1 Å². The van der Waals surface area contributed by atoms with E-state index in [2.05, 4.69) is 20.7 Å². The van der Waals surface area contributed by atoms with Gasteiger partial charge in [0.1, 0.15) is 17.2 Å². The fourth-order valence-corrected chi connectivity index (χ4v) is 4.59. The third kappa shape index (κ3) is 6.75. The van der Waals surface area contributed by atoms with Crippen LogP contribution >= 0.6 is 11.8 Å². The molecule has 200 valence electrons. The Kier molecular flexibility index (Phi) is 8.53. The molecule has 0 aliphatic carbocycles.